The summed E-state index contributed by atoms with van der Waals surface area (Å²) in [5, 5.41) is 9.55. The van der Waals surface area contributed by atoms with Crippen LogP contribution < -0.4 is 5.32 Å². The van der Waals surface area contributed by atoms with Crippen molar-refractivity contribution < 1.29 is 0 Å². The summed E-state index contributed by atoms with van der Waals surface area (Å²) in [5.74, 6) is 1.06. The molecule has 5 heteroatoms. The molecule has 3 aromatic rings. The third kappa shape index (κ3) is 2.62. The number of aromatic nitrogens is 4. The molecule has 0 atom stereocenters. The van der Waals surface area contributed by atoms with E-state index in [4.69, 9.17) is 10.1 Å². The van der Waals surface area contributed by atoms with Crippen LogP contribution >= 0.6 is 0 Å². The van der Waals surface area contributed by atoms with Gasteiger partial charge in [-0.3, -0.25) is 0 Å². The zero-order valence-corrected chi connectivity index (χ0v) is 14.8. The molecule has 0 aliphatic heterocycles. The van der Waals surface area contributed by atoms with Gasteiger partial charge in [-0.25, -0.2) is 9.97 Å². The first-order valence-electron chi connectivity index (χ1n) is 9.09. The largest absolute Gasteiger partial charge is 0.367 e. The summed E-state index contributed by atoms with van der Waals surface area (Å²) in [7, 11) is 0. The summed E-state index contributed by atoms with van der Waals surface area (Å²) in [6.45, 7) is 6.33. The number of pyridine rings is 1. The van der Waals surface area contributed by atoms with Gasteiger partial charge in [-0.05, 0) is 44.7 Å². The first-order valence-corrected chi connectivity index (χ1v) is 9.09. The van der Waals surface area contributed by atoms with Crippen LogP contribution in [0.4, 0.5) is 5.82 Å². The van der Waals surface area contributed by atoms with Crippen molar-refractivity contribution in [3.63, 3.8) is 0 Å². The van der Waals surface area contributed by atoms with Crippen molar-refractivity contribution in [3.8, 4) is 0 Å². The van der Waals surface area contributed by atoms with Gasteiger partial charge in [-0.15, -0.1) is 5.10 Å². The molecule has 5 nitrogen and oxygen atoms in total. The highest BCUT2D eigenvalue weighted by Gasteiger charge is 2.19. The van der Waals surface area contributed by atoms with Crippen LogP contribution in [0.15, 0.2) is 12.1 Å². The molecule has 0 spiro atoms. The molecule has 0 saturated heterocycles. The van der Waals surface area contributed by atoms with Gasteiger partial charge in [0.2, 0.25) is 0 Å². The van der Waals surface area contributed by atoms with Crippen LogP contribution in [0, 0.1) is 13.8 Å². The van der Waals surface area contributed by atoms with Gasteiger partial charge >= 0.3 is 0 Å². The number of rotatable bonds is 4. The van der Waals surface area contributed by atoms with Crippen molar-refractivity contribution >= 4 is 22.5 Å². The number of nitrogens with zero attached hydrogens (tertiary/aromatic N) is 4. The summed E-state index contributed by atoms with van der Waals surface area (Å²) in [4.78, 5) is 9.52. The van der Waals surface area contributed by atoms with E-state index in [1.807, 2.05) is 11.4 Å². The fourth-order valence-electron chi connectivity index (χ4n) is 3.84. The quantitative estimate of drug-likeness (QED) is 0.782. The minimum Gasteiger partial charge on any atom is -0.367 e. The van der Waals surface area contributed by atoms with E-state index in [2.05, 4.69) is 36.3 Å². The van der Waals surface area contributed by atoms with Crippen LogP contribution in [0.3, 0.4) is 0 Å². The first kappa shape index (κ1) is 15.4. The topological polar surface area (TPSA) is 55.1 Å². The van der Waals surface area contributed by atoms with Gasteiger partial charge in [0.25, 0.3) is 0 Å². The van der Waals surface area contributed by atoms with Gasteiger partial charge in [-0.1, -0.05) is 26.2 Å². The van der Waals surface area contributed by atoms with Crippen molar-refractivity contribution in [2.45, 2.75) is 65.3 Å². The lowest BCUT2D eigenvalue weighted by Crippen LogP contribution is -2.18. The highest BCUT2D eigenvalue weighted by Crippen LogP contribution is 2.27. The molecule has 1 fully saturated rings. The molecule has 0 radical (unpaired) electrons. The van der Waals surface area contributed by atoms with Gasteiger partial charge in [0.05, 0.1) is 5.39 Å². The molecule has 1 N–H and O–H groups in total. The Hall–Kier alpha value is -2.17. The van der Waals surface area contributed by atoms with E-state index < -0.39 is 0 Å². The highest BCUT2D eigenvalue weighted by atomic mass is 15.3. The van der Waals surface area contributed by atoms with E-state index in [-0.39, 0.29) is 0 Å². The number of hydrogen-bond acceptors (Lipinski definition) is 4. The number of aryl methyl sites for hydroxylation is 3. The summed E-state index contributed by atoms with van der Waals surface area (Å²) in [5.41, 5.74) is 5.06. The molecule has 1 aliphatic carbocycles. The molecule has 4 rings (SSSR count). The normalized spacial score (nSPS) is 15.6. The molecule has 0 amide bonds. The summed E-state index contributed by atoms with van der Waals surface area (Å²) in [6.07, 6.45) is 7.19. The van der Waals surface area contributed by atoms with E-state index in [0.29, 0.717) is 6.04 Å². The third-order valence-electron chi connectivity index (χ3n) is 4.94. The Balaban J connectivity index is 1.93. The predicted octanol–water partition coefficient (Wildman–Crippen LogP) is 4.20. The monoisotopic (exact) mass is 323 g/mol. The molecular formula is C19H25N5. The smallest absolute Gasteiger partial charge is 0.184 e. The third-order valence-corrected chi connectivity index (χ3v) is 4.94. The van der Waals surface area contributed by atoms with Crippen LogP contribution in [0.2, 0.25) is 0 Å². The molecule has 126 valence electrons. The molecular weight excluding hydrogens is 298 g/mol. The van der Waals surface area contributed by atoms with E-state index >= 15 is 0 Å². The lowest BCUT2D eigenvalue weighted by Gasteiger charge is -2.15. The fraction of sp³-hybridized carbons (Fsp3) is 0.526. The molecule has 24 heavy (non-hydrogen) atoms. The van der Waals surface area contributed by atoms with Gasteiger partial charge < -0.3 is 5.32 Å². The lowest BCUT2D eigenvalue weighted by atomic mass is 10.1. The van der Waals surface area contributed by atoms with E-state index in [1.165, 1.54) is 31.2 Å². The number of anilines is 1. The SMILES string of the molecule is CCCc1cc(NC2CCCC2)n2nc3nc(C)cc(C)c3c2n1. The number of fused-ring (bicyclic) bond motifs is 3. The van der Waals surface area contributed by atoms with Crippen molar-refractivity contribution in [1.29, 1.82) is 0 Å². The van der Waals surface area contributed by atoms with Crippen LogP contribution in [0.25, 0.3) is 16.7 Å². The Morgan fingerprint density at radius 1 is 1.17 bits per heavy atom. The minimum absolute atomic E-state index is 0.549. The maximum atomic E-state index is 4.90. The zero-order chi connectivity index (χ0) is 16.7. The van der Waals surface area contributed by atoms with Gasteiger partial charge in [0, 0.05) is 23.5 Å². The average Bonchev–Trinajstić information content (AvgIpc) is 3.15. The van der Waals surface area contributed by atoms with Crippen molar-refractivity contribution in [2.75, 3.05) is 5.32 Å². The van der Waals surface area contributed by atoms with Crippen molar-refractivity contribution in [2.24, 2.45) is 0 Å². The van der Waals surface area contributed by atoms with Gasteiger partial charge in [0.1, 0.15) is 5.82 Å². The summed E-state index contributed by atoms with van der Waals surface area (Å²) < 4.78 is 1.96. The summed E-state index contributed by atoms with van der Waals surface area (Å²) >= 11 is 0. The van der Waals surface area contributed by atoms with E-state index in [9.17, 15) is 0 Å². The second kappa shape index (κ2) is 6.04. The second-order valence-electron chi connectivity index (χ2n) is 7.02. The Labute approximate surface area is 142 Å². The summed E-state index contributed by atoms with van der Waals surface area (Å²) in [6, 6.07) is 4.83. The molecule has 1 aliphatic rings. The predicted molar refractivity (Wildman–Crippen MR) is 97.6 cm³/mol. The van der Waals surface area contributed by atoms with Crippen molar-refractivity contribution in [3.05, 3.63) is 29.1 Å². The van der Waals surface area contributed by atoms with E-state index in [1.54, 1.807) is 0 Å². The van der Waals surface area contributed by atoms with Crippen LogP contribution in [0.5, 0.6) is 0 Å². The van der Waals surface area contributed by atoms with E-state index in [0.717, 1.165) is 46.7 Å². The highest BCUT2D eigenvalue weighted by molar-refractivity contribution is 5.93. The molecule has 0 aromatic carbocycles. The van der Waals surface area contributed by atoms with Crippen molar-refractivity contribution in [1.82, 2.24) is 19.6 Å². The van der Waals surface area contributed by atoms with Gasteiger partial charge in [-0.2, -0.15) is 4.52 Å². The molecule has 0 unspecified atom stereocenters. The van der Waals surface area contributed by atoms with Crippen LogP contribution in [0.1, 0.15) is 56.0 Å². The average molecular weight is 323 g/mol. The molecule has 1 saturated carbocycles. The Bertz CT molecular complexity index is 890. The fourth-order valence-corrected chi connectivity index (χ4v) is 3.84. The minimum atomic E-state index is 0.549. The second-order valence-corrected chi connectivity index (χ2v) is 7.02. The molecule has 3 heterocycles. The van der Waals surface area contributed by atoms with Crippen LogP contribution in [-0.2, 0) is 6.42 Å². The molecule has 3 aromatic heterocycles. The maximum absolute atomic E-state index is 4.90. The molecule has 0 bridgehead atoms. The first-order chi connectivity index (χ1) is 11.7. The number of nitrogens with one attached hydrogen (secondary N) is 1. The Morgan fingerprint density at radius 3 is 2.71 bits per heavy atom. The lowest BCUT2D eigenvalue weighted by molar-refractivity contribution is 0.738. The van der Waals surface area contributed by atoms with Gasteiger partial charge in [0.15, 0.2) is 11.3 Å². The van der Waals surface area contributed by atoms with Crippen LogP contribution in [-0.4, -0.2) is 25.6 Å². The Morgan fingerprint density at radius 2 is 1.96 bits per heavy atom. The Kier molecular flexibility index (Phi) is 3.87. The standard InChI is InChI=1S/C19H25N5/c1-4-7-15-11-16(21-14-8-5-6-9-14)24-19(22-15)17-12(2)10-13(3)20-18(17)23-24/h10-11,14,21H,4-9H2,1-3H3. The number of hydrogen-bond donors (Lipinski definition) is 1. The zero-order valence-electron chi connectivity index (χ0n) is 14.8. The maximum Gasteiger partial charge on any atom is 0.184 e.